The molecule has 2 heterocycles. The minimum atomic E-state index is -1.25. The number of halogens is 1. The largest absolute Gasteiger partial charge is 0.480 e. The van der Waals surface area contributed by atoms with Gasteiger partial charge in [-0.25, -0.2) is 4.39 Å². The minimum absolute atomic E-state index is 0.163. The summed E-state index contributed by atoms with van der Waals surface area (Å²) in [5.41, 5.74) is 2.97. The van der Waals surface area contributed by atoms with Gasteiger partial charge in [0.1, 0.15) is 12.4 Å². The van der Waals surface area contributed by atoms with E-state index >= 15 is 0 Å². The van der Waals surface area contributed by atoms with Crippen molar-refractivity contribution in [3.05, 3.63) is 58.0 Å². The molecule has 1 aliphatic rings. The number of benzene rings is 1. The van der Waals surface area contributed by atoms with E-state index in [2.05, 4.69) is 0 Å². The summed E-state index contributed by atoms with van der Waals surface area (Å²) in [7, 11) is 0. The molecule has 0 aliphatic carbocycles. The number of amides is 2. The zero-order chi connectivity index (χ0) is 19.0. The highest BCUT2D eigenvalue weighted by Gasteiger charge is 2.36. The van der Waals surface area contributed by atoms with E-state index in [1.54, 1.807) is 18.2 Å². The fraction of sp³-hybridized carbons (Fsp3) is 0.167. The number of imide groups is 1. The van der Waals surface area contributed by atoms with Crippen LogP contribution in [-0.2, 0) is 9.59 Å². The molecule has 1 fully saturated rings. The number of carboxylic acid groups (broad SMARTS) is 1. The summed E-state index contributed by atoms with van der Waals surface area (Å²) >= 11 is 0.707. The summed E-state index contributed by atoms with van der Waals surface area (Å²) in [5.74, 6) is -2.23. The Kier molecular flexibility index (Phi) is 4.69. The lowest BCUT2D eigenvalue weighted by atomic mass is 10.2. The first-order chi connectivity index (χ1) is 12.3. The van der Waals surface area contributed by atoms with Crippen molar-refractivity contribution in [2.24, 2.45) is 0 Å². The lowest BCUT2D eigenvalue weighted by Gasteiger charge is -2.09. The van der Waals surface area contributed by atoms with Crippen LogP contribution < -0.4 is 0 Å². The van der Waals surface area contributed by atoms with Crippen LogP contribution in [0.15, 0.2) is 35.2 Å². The van der Waals surface area contributed by atoms with Crippen molar-refractivity contribution in [1.82, 2.24) is 9.47 Å². The van der Waals surface area contributed by atoms with Crippen LogP contribution in [0.5, 0.6) is 0 Å². The number of carboxylic acids is 1. The van der Waals surface area contributed by atoms with Gasteiger partial charge < -0.3 is 9.67 Å². The molecule has 2 aromatic rings. The average Bonchev–Trinajstić information content (AvgIpc) is 2.98. The van der Waals surface area contributed by atoms with Gasteiger partial charge in [-0.2, -0.15) is 0 Å². The summed E-state index contributed by atoms with van der Waals surface area (Å²) in [5, 5.41) is 8.20. The summed E-state index contributed by atoms with van der Waals surface area (Å²) < 4.78 is 15.4. The fourth-order valence-electron chi connectivity index (χ4n) is 2.86. The number of thioether (sulfide) groups is 1. The molecule has 1 N–H and O–H groups in total. The molecule has 1 saturated heterocycles. The van der Waals surface area contributed by atoms with Crippen LogP contribution in [0.2, 0.25) is 0 Å². The van der Waals surface area contributed by atoms with Gasteiger partial charge in [-0.15, -0.1) is 0 Å². The molecule has 0 bridgehead atoms. The molecule has 0 saturated carbocycles. The molecule has 6 nitrogen and oxygen atoms in total. The van der Waals surface area contributed by atoms with Gasteiger partial charge in [0, 0.05) is 17.1 Å². The van der Waals surface area contributed by atoms with E-state index in [0.29, 0.717) is 27.9 Å². The number of hydrogen-bond acceptors (Lipinski definition) is 4. The molecule has 8 heteroatoms. The van der Waals surface area contributed by atoms with Crippen molar-refractivity contribution in [2.75, 3.05) is 6.54 Å². The first-order valence-corrected chi connectivity index (χ1v) is 8.51. The Morgan fingerprint density at radius 3 is 2.65 bits per heavy atom. The van der Waals surface area contributed by atoms with E-state index in [9.17, 15) is 18.8 Å². The van der Waals surface area contributed by atoms with Crippen molar-refractivity contribution in [3.8, 4) is 5.69 Å². The lowest BCUT2D eigenvalue weighted by molar-refractivity contribution is -0.140. The van der Waals surface area contributed by atoms with Crippen LogP contribution in [0.4, 0.5) is 9.18 Å². The molecular weight excluding hydrogens is 359 g/mol. The number of aryl methyl sites for hydroxylation is 1. The van der Waals surface area contributed by atoms with Gasteiger partial charge in [-0.1, -0.05) is 6.07 Å². The summed E-state index contributed by atoms with van der Waals surface area (Å²) in [6.07, 6.45) is 1.56. The van der Waals surface area contributed by atoms with Gasteiger partial charge in [0.05, 0.1) is 4.91 Å². The van der Waals surface area contributed by atoms with Gasteiger partial charge in [0.25, 0.3) is 11.1 Å². The van der Waals surface area contributed by atoms with Crippen molar-refractivity contribution < 1.29 is 23.9 Å². The molecule has 3 rings (SSSR count). The van der Waals surface area contributed by atoms with Crippen molar-refractivity contribution in [3.63, 3.8) is 0 Å². The highest BCUT2D eigenvalue weighted by atomic mass is 32.2. The predicted octanol–water partition coefficient (Wildman–Crippen LogP) is 3.35. The summed E-state index contributed by atoms with van der Waals surface area (Å²) in [6, 6.07) is 7.97. The average molecular weight is 374 g/mol. The van der Waals surface area contributed by atoms with Gasteiger partial charge >= 0.3 is 5.97 Å². The number of rotatable bonds is 4. The Labute approximate surface area is 152 Å². The second kappa shape index (κ2) is 6.80. The third-order valence-corrected chi connectivity index (χ3v) is 4.90. The normalized spacial score (nSPS) is 16.0. The number of hydrogen-bond donors (Lipinski definition) is 1. The molecule has 0 radical (unpaired) electrons. The molecule has 1 aliphatic heterocycles. The van der Waals surface area contributed by atoms with Gasteiger partial charge in [0.15, 0.2) is 0 Å². The lowest BCUT2D eigenvalue weighted by Crippen LogP contribution is -2.33. The maximum Gasteiger partial charge on any atom is 0.323 e. The summed E-state index contributed by atoms with van der Waals surface area (Å²) in [4.78, 5) is 35.8. The van der Waals surface area contributed by atoms with Crippen LogP contribution in [0.1, 0.15) is 17.0 Å². The zero-order valence-electron chi connectivity index (χ0n) is 14.0. The first kappa shape index (κ1) is 17.9. The zero-order valence-corrected chi connectivity index (χ0v) is 14.8. The van der Waals surface area contributed by atoms with E-state index in [1.807, 2.05) is 24.5 Å². The quantitative estimate of drug-likeness (QED) is 0.830. The van der Waals surface area contributed by atoms with Crippen molar-refractivity contribution in [2.45, 2.75) is 13.8 Å². The fourth-order valence-corrected chi connectivity index (χ4v) is 3.69. The monoisotopic (exact) mass is 374 g/mol. The maximum absolute atomic E-state index is 13.5. The number of aliphatic carboxylic acids is 1. The van der Waals surface area contributed by atoms with E-state index < -0.39 is 23.7 Å². The van der Waals surface area contributed by atoms with E-state index in [0.717, 1.165) is 11.4 Å². The molecule has 1 aromatic carbocycles. The number of carbonyl (C=O) groups excluding carboxylic acids is 2. The van der Waals surface area contributed by atoms with Gasteiger partial charge in [-0.3, -0.25) is 19.3 Å². The first-order valence-electron chi connectivity index (χ1n) is 7.70. The van der Waals surface area contributed by atoms with E-state index in [-0.39, 0.29) is 10.7 Å². The minimum Gasteiger partial charge on any atom is -0.480 e. The van der Waals surface area contributed by atoms with Gasteiger partial charge in [0.2, 0.25) is 0 Å². The molecule has 0 spiro atoms. The van der Waals surface area contributed by atoms with E-state index in [1.165, 1.54) is 12.1 Å². The van der Waals surface area contributed by atoms with Crippen LogP contribution >= 0.6 is 11.8 Å². The Hall–Kier alpha value is -2.87. The van der Waals surface area contributed by atoms with Crippen LogP contribution in [-0.4, -0.2) is 38.2 Å². The highest BCUT2D eigenvalue weighted by Crippen LogP contribution is 2.33. The summed E-state index contributed by atoms with van der Waals surface area (Å²) in [6.45, 7) is 3.01. The van der Waals surface area contributed by atoms with E-state index in [4.69, 9.17) is 5.11 Å². The number of aromatic nitrogens is 1. The van der Waals surface area contributed by atoms with Gasteiger partial charge in [-0.05, 0) is 61.5 Å². The smallest absolute Gasteiger partial charge is 0.323 e. The maximum atomic E-state index is 13.5. The standard InChI is InChI=1S/C18H15FN2O4S/c1-10-6-12(11(2)21(10)14-5-3-4-13(19)8-14)7-15-17(24)20(9-16(22)23)18(25)26-15/h3-8H,9H2,1-2H3,(H,22,23)/b15-7+. The third kappa shape index (κ3) is 3.28. The SMILES string of the molecule is Cc1cc(/C=C2/SC(=O)N(CC(=O)O)C2=O)c(C)n1-c1cccc(F)c1. The molecule has 134 valence electrons. The molecule has 2 amide bonds. The number of nitrogens with zero attached hydrogens (tertiary/aromatic N) is 2. The third-order valence-electron chi connectivity index (χ3n) is 3.99. The Morgan fingerprint density at radius 2 is 2.00 bits per heavy atom. The second-order valence-corrected chi connectivity index (χ2v) is 6.80. The van der Waals surface area contributed by atoms with Crippen LogP contribution in [0.3, 0.4) is 0 Å². The van der Waals surface area contributed by atoms with Crippen molar-refractivity contribution >= 4 is 35.0 Å². The van der Waals surface area contributed by atoms with Crippen molar-refractivity contribution in [1.29, 1.82) is 0 Å². The topological polar surface area (TPSA) is 79.6 Å². The molecular formula is C18H15FN2O4S. The van der Waals surface area contributed by atoms with Crippen LogP contribution in [0, 0.1) is 19.7 Å². The molecule has 26 heavy (non-hydrogen) atoms. The Bertz CT molecular complexity index is 964. The highest BCUT2D eigenvalue weighted by molar-refractivity contribution is 8.18. The Balaban J connectivity index is 1.98. The molecule has 0 atom stereocenters. The molecule has 0 unspecified atom stereocenters. The predicted molar refractivity (Wildman–Crippen MR) is 95.5 cm³/mol. The molecule has 1 aromatic heterocycles. The van der Waals surface area contributed by atoms with Crippen LogP contribution in [0.25, 0.3) is 11.8 Å². The number of carbonyl (C=O) groups is 3. The second-order valence-electron chi connectivity index (χ2n) is 5.80. The Morgan fingerprint density at radius 1 is 1.27 bits per heavy atom.